The molecular formula is C64H44N2. The van der Waals surface area contributed by atoms with Gasteiger partial charge in [-0.25, -0.2) is 0 Å². The van der Waals surface area contributed by atoms with E-state index in [0.717, 1.165) is 17.1 Å². The van der Waals surface area contributed by atoms with E-state index in [4.69, 9.17) is 0 Å². The fourth-order valence-corrected chi connectivity index (χ4v) is 12.4. The van der Waals surface area contributed by atoms with Gasteiger partial charge in [0, 0.05) is 38.7 Å². The summed E-state index contributed by atoms with van der Waals surface area (Å²) in [7, 11) is 0. The normalized spacial score (nSPS) is 14.2. The molecule has 1 aromatic heterocycles. The number of para-hydroxylation sites is 4. The Morgan fingerprint density at radius 3 is 1.65 bits per heavy atom. The molecule has 0 N–H and O–H groups in total. The van der Waals surface area contributed by atoms with E-state index in [0.29, 0.717) is 0 Å². The van der Waals surface area contributed by atoms with Gasteiger partial charge in [0.1, 0.15) is 0 Å². The molecule has 0 fully saturated rings. The number of hydrogen-bond acceptors (Lipinski definition) is 1. The van der Waals surface area contributed by atoms with E-state index in [2.05, 4.69) is 254 Å². The Balaban J connectivity index is 1.00. The highest BCUT2D eigenvalue weighted by atomic mass is 15.1. The van der Waals surface area contributed by atoms with Gasteiger partial charge in [0.15, 0.2) is 0 Å². The number of fused-ring (bicyclic) bond motifs is 15. The summed E-state index contributed by atoms with van der Waals surface area (Å²) in [4.78, 5) is 2.45. The van der Waals surface area contributed by atoms with Gasteiger partial charge in [0.2, 0.25) is 0 Å². The third-order valence-electron chi connectivity index (χ3n) is 15.2. The fourth-order valence-electron chi connectivity index (χ4n) is 12.4. The lowest BCUT2D eigenvalue weighted by atomic mass is 9.63. The average molecular weight is 841 g/mol. The van der Waals surface area contributed by atoms with Gasteiger partial charge in [-0.1, -0.05) is 196 Å². The lowest BCUT2D eigenvalue weighted by Crippen LogP contribution is -2.34. The molecule has 2 heterocycles. The summed E-state index contributed by atoms with van der Waals surface area (Å²) in [5.74, 6) is 0. The lowest BCUT2D eigenvalue weighted by molar-refractivity contribution is 0.660. The van der Waals surface area contributed by atoms with Crippen LogP contribution in [0.4, 0.5) is 17.1 Å². The van der Waals surface area contributed by atoms with Crippen LogP contribution in [-0.2, 0) is 10.8 Å². The van der Waals surface area contributed by atoms with E-state index in [1.165, 1.54) is 105 Å². The minimum Gasteiger partial charge on any atom is -0.310 e. The summed E-state index contributed by atoms with van der Waals surface area (Å²) < 4.78 is 2.56. The van der Waals surface area contributed by atoms with Gasteiger partial charge >= 0.3 is 0 Å². The highest BCUT2D eigenvalue weighted by Crippen LogP contribution is 2.63. The maximum absolute atomic E-state index is 2.56. The Morgan fingerprint density at radius 2 is 0.894 bits per heavy atom. The van der Waals surface area contributed by atoms with E-state index in [1.807, 2.05) is 0 Å². The van der Waals surface area contributed by atoms with Crippen LogP contribution in [0.1, 0.15) is 47.2 Å². The third kappa shape index (κ3) is 4.85. The standard InChI is InChI=1S/C64H44N2/c1-63(2)53-27-11-6-22-47(53)52-40-42(36-39-54(52)63)41-34-37-44(38-35-41)65(43-18-4-3-5-19-43)58-31-14-9-23-48(58)50-25-17-33-60-61(50)64(55-28-12-7-20-45(55)46-21-8-13-29-56(46)64)57-30-16-26-51-49-24-10-15-32-59(49)66(60)62(51)57/h3-40H,1-2H3. The second-order valence-electron chi connectivity index (χ2n) is 18.8. The van der Waals surface area contributed by atoms with Crippen molar-refractivity contribution in [3.8, 4) is 50.2 Å². The molecule has 0 unspecified atom stereocenters. The Labute approximate surface area is 385 Å². The zero-order chi connectivity index (χ0) is 43.7. The minimum atomic E-state index is -0.582. The van der Waals surface area contributed by atoms with Gasteiger partial charge in [0.05, 0.1) is 27.8 Å². The Hall–Kier alpha value is -8.20. The number of aromatic nitrogens is 1. The van der Waals surface area contributed by atoms with Crippen molar-refractivity contribution in [3.05, 3.63) is 264 Å². The summed E-state index contributed by atoms with van der Waals surface area (Å²) in [6, 6.07) is 86.3. The predicted octanol–water partition coefficient (Wildman–Crippen LogP) is 16.6. The van der Waals surface area contributed by atoms with Crippen LogP contribution in [-0.4, -0.2) is 4.57 Å². The highest BCUT2D eigenvalue weighted by Gasteiger charge is 2.52. The summed E-state index contributed by atoms with van der Waals surface area (Å²) in [6.07, 6.45) is 0. The van der Waals surface area contributed by atoms with Crippen LogP contribution >= 0.6 is 0 Å². The van der Waals surface area contributed by atoms with Crippen molar-refractivity contribution in [1.29, 1.82) is 0 Å². The molecule has 14 rings (SSSR count). The molecule has 2 aliphatic carbocycles. The van der Waals surface area contributed by atoms with E-state index in [1.54, 1.807) is 0 Å². The first kappa shape index (κ1) is 37.2. The molecule has 0 bridgehead atoms. The van der Waals surface area contributed by atoms with Crippen LogP contribution in [0.2, 0.25) is 0 Å². The first-order chi connectivity index (χ1) is 32.5. The van der Waals surface area contributed by atoms with Crippen LogP contribution in [0.25, 0.3) is 72.0 Å². The lowest BCUT2D eigenvalue weighted by Gasteiger charge is -2.41. The van der Waals surface area contributed by atoms with Crippen molar-refractivity contribution in [2.75, 3.05) is 4.90 Å². The second kappa shape index (κ2) is 13.7. The first-order valence-electron chi connectivity index (χ1n) is 23.2. The van der Waals surface area contributed by atoms with E-state index in [9.17, 15) is 0 Å². The van der Waals surface area contributed by atoms with Crippen LogP contribution in [0.15, 0.2) is 231 Å². The quantitative estimate of drug-likeness (QED) is 0.168. The second-order valence-corrected chi connectivity index (χ2v) is 18.8. The molecule has 310 valence electrons. The van der Waals surface area contributed by atoms with Gasteiger partial charge < -0.3 is 9.47 Å². The number of hydrogen-bond donors (Lipinski definition) is 0. The summed E-state index contributed by atoms with van der Waals surface area (Å²) in [5, 5.41) is 2.56. The van der Waals surface area contributed by atoms with E-state index in [-0.39, 0.29) is 5.41 Å². The molecule has 0 radical (unpaired) electrons. The molecule has 11 aromatic rings. The van der Waals surface area contributed by atoms with Gasteiger partial charge in [0.25, 0.3) is 0 Å². The van der Waals surface area contributed by atoms with Crippen molar-refractivity contribution in [2.45, 2.75) is 24.7 Å². The largest absolute Gasteiger partial charge is 0.310 e. The molecule has 2 nitrogen and oxygen atoms in total. The highest BCUT2D eigenvalue weighted by molar-refractivity contribution is 6.13. The van der Waals surface area contributed by atoms with Crippen molar-refractivity contribution in [3.63, 3.8) is 0 Å². The fraction of sp³-hybridized carbons (Fsp3) is 0.0625. The zero-order valence-corrected chi connectivity index (χ0v) is 36.8. The molecule has 10 aromatic carbocycles. The molecule has 66 heavy (non-hydrogen) atoms. The minimum absolute atomic E-state index is 0.0225. The Kier molecular flexibility index (Phi) is 7.70. The zero-order valence-electron chi connectivity index (χ0n) is 36.8. The molecule has 0 saturated carbocycles. The van der Waals surface area contributed by atoms with Crippen molar-refractivity contribution in [1.82, 2.24) is 4.57 Å². The van der Waals surface area contributed by atoms with Crippen molar-refractivity contribution in [2.24, 2.45) is 0 Å². The number of anilines is 3. The molecule has 1 spiro atoms. The summed E-state index contributed by atoms with van der Waals surface area (Å²) in [5.41, 5.74) is 24.6. The topological polar surface area (TPSA) is 8.17 Å². The van der Waals surface area contributed by atoms with Crippen LogP contribution in [0, 0.1) is 0 Å². The molecule has 0 atom stereocenters. The molecule has 3 aliphatic rings. The summed E-state index contributed by atoms with van der Waals surface area (Å²) in [6.45, 7) is 4.69. The maximum Gasteiger partial charge on any atom is 0.0760 e. The van der Waals surface area contributed by atoms with Crippen LogP contribution in [0.3, 0.4) is 0 Å². The van der Waals surface area contributed by atoms with Crippen LogP contribution < -0.4 is 4.90 Å². The smallest absolute Gasteiger partial charge is 0.0760 e. The molecule has 0 amide bonds. The number of rotatable bonds is 5. The van der Waals surface area contributed by atoms with Crippen LogP contribution in [0.5, 0.6) is 0 Å². The summed E-state index contributed by atoms with van der Waals surface area (Å²) >= 11 is 0. The Bertz CT molecular complexity index is 3750. The predicted molar refractivity (Wildman–Crippen MR) is 275 cm³/mol. The maximum atomic E-state index is 2.56. The molecular weight excluding hydrogens is 797 g/mol. The monoisotopic (exact) mass is 840 g/mol. The van der Waals surface area contributed by atoms with Gasteiger partial charge in [-0.2, -0.15) is 0 Å². The number of nitrogens with zero attached hydrogens (tertiary/aromatic N) is 2. The van der Waals surface area contributed by atoms with E-state index >= 15 is 0 Å². The molecule has 1 aliphatic heterocycles. The Morgan fingerprint density at radius 1 is 0.364 bits per heavy atom. The van der Waals surface area contributed by atoms with Crippen molar-refractivity contribution >= 4 is 38.9 Å². The number of benzene rings is 10. The SMILES string of the molecule is CC1(C)c2ccccc2-c2cc(-c3ccc(N(c4ccccc4)c4ccccc4-c4cccc5c4C4(c6ccccc6-c6ccccc64)c4cccc6c7ccccc7n-5c46)cc3)ccc21. The molecule has 2 heteroatoms. The van der Waals surface area contributed by atoms with Gasteiger partial charge in [-0.3, -0.25) is 0 Å². The molecule has 0 saturated heterocycles. The first-order valence-corrected chi connectivity index (χ1v) is 23.2. The van der Waals surface area contributed by atoms with Crippen molar-refractivity contribution < 1.29 is 0 Å². The van der Waals surface area contributed by atoms with Gasteiger partial charge in [-0.05, 0) is 115 Å². The van der Waals surface area contributed by atoms with Gasteiger partial charge in [-0.15, -0.1) is 0 Å². The average Bonchev–Trinajstić information content (AvgIpc) is 3.95. The van der Waals surface area contributed by atoms with E-state index < -0.39 is 5.41 Å². The third-order valence-corrected chi connectivity index (χ3v) is 15.2.